The fraction of sp³-hybridized carbons (Fsp3) is 0.467. The molecule has 1 N–H and O–H groups in total. The van der Waals surface area contributed by atoms with Gasteiger partial charge in [-0.05, 0) is 37.3 Å². The molecule has 0 spiro atoms. The van der Waals surface area contributed by atoms with Crippen LogP contribution in [0.25, 0.3) is 5.69 Å². The largest absolute Gasteiger partial charge is 0.390 e. The van der Waals surface area contributed by atoms with Crippen molar-refractivity contribution in [3.05, 3.63) is 35.7 Å². The Hall–Kier alpha value is -1.33. The lowest BCUT2D eigenvalue weighted by Gasteiger charge is -2.16. The molecule has 20 heavy (non-hydrogen) atoms. The zero-order chi connectivity index (χ0) is 14.5. The molecular formula is C15H21N3OS. The molecule has 0 aliphatic carbocycles. The number of thioether (sulfide) groups is 1. The Kier molecular flexibility index (Phi) is 5.20. The van der Waals surface area contributed by atoms with Crippen LogP contribution in [0.2, 0.25) is 0 Å². The molecule has 0 fully saturated rings. The van der Waals surface area contributed by atoms with Crippen molar-refractivity contribution in [1.82, 2.24) is 15.0 Å². The standard InChI is InChI=1S/C15H21N3OS/c1-4-11(5-2)15-14(10-19)16-17-18(15)12-7-6-8-13(9-12)20-3/h6-9,11,19H,4-5,10H2,1-3H3. The van der Waals surface area contributed by atoms with Crippen molar-refractivity contribution in [2.24, 2.45) is 0 Å². The molecule has 108 valence electrons. The highest BCUT2D eigenvalue weighted by molar-refractivity contribution is 7.98. The lowest BCUT2D eigenvalue weighted by Crippen LogP contribution is -2.09. The summed E-state index contributed by atoms with van der Waals surface area (Å²) in [6, 6.07) is 8.24. The monoisotopic (exact) mass is 291 g/mol. The highest BCUT2D eigenvalue weighted by atomic mass is 32.2. The Morgan fingerprint density at radius 3 is 2.65 bits per heavy atom. The molecule has 0 unspecified atom stereocenters. The second kappa shape index (κ2) is 6.90. The van der Waals surface area contributed by atoms with Crippen LogP contribution in [0.4, 0.5) is 0 Å². The van der Waals surface area contributed by atoms with Gasteiger partial charge in [-0.15, -0.1) is 16.9 Å². The van der Waals surface area contributed by atoms with E-state index in [4.69, 9.17) is 0 Å². The maximum absolute atomic E-state index is 9.50. The first-order chi connectivity index (χ1) is 9.74. The highest BCUT2D eigenvalue weighted by Gasteiger charge is 2.20. The van der Waals surface area contributed by atoms with Gasteiger partial charge in [-0.25, -0.2) is 4.68 Å². The summed E-state index contributed by atoms with van der Waals surface area (Å²) >= 11 is 1.71. The van der Waals surface area contributed by atoms with E-state index >= 15 is 0 Å². The molecule has 5 heteroatoms. The molecule has 0 saturated carbocycles. The lowest BCUT2D eigenvalue weighted by molar-refractivity contribution is 0.274. The quantitative estimate of drug-likeness (QED) is 0.829. The first-order valence-electron chi connectivity index (χ1n) is 6.94. The van der Waals surface area contributed by atoms with E-state index in [9.17, 15) is 5.11 Å². The fourth-order valence-corrected chi connectivity index (χ4v) is 2.90. The van der Waals surface area contributed by atoms with Gasteiger partial charge in [0.1, 0.15) is 5.69 Å². The van der Waals surface area contributed by atoms with Gasteiger partial charge < -0.3 is 5.11 Å². The van der Waals surface area contributed by atoms with E-state index in [-0.39, 0.29) is 6.61 Å². The maximum Gasteiger partial charge on any atom is 0.112 e. The molecule has 0 aliphatic heterocycles. The SMILES string of the molecule is CCC(CC)c1c(CO)nnn1-c1cccc(SC)c1. The van der Waals surface area contributed by atoms with Gasteiger partial charge in [0.2, 0.25) is 0 Å². The van der Waals surface area contributed by atoms with Gasteiger partial charge in [0.15, 0.2) is 0 Å². The Labute approximate surface area is 124 Å². The van der Waals surface area contributed by atoms with E-state index in [2.05, 4.69) is 42.5 Å². The molecule has 0 radical (unpaired) electrons. The number of aliphatic hydroxyl groups is 1. The molecular weight excluding hydrogens is 270 g/mol. The van der Waals surface area contributed by atoms with Crippen LogP contribution in [-0.4, -0.2) is 26.4 Å². The van der Waals surface area contributed by atoms with Crippen molar-refractivity contribution < 1.29 is 5.11 Å². The van der Waals surface area contributed by atoms with E-state index in [1.54, 1.807) is 11.8 Å². The number of nitrogens with zero attached hydrogens (tertiary/aromatic N) is 3. The predicted molar refractivity (Wildman–Crippen MR) is 82.4 cm³/mol. The number of aliphatic hydroxyl groups excluding tert-OH is 1. The molecule has 2 rings (SSSR count). The van der Waals surface area contributed by atoms with E-state index in [0.717, 1.165) is 24.2 Å². The number of aromatic nitrogens is 3. The molecule has 1 aromatic heterocycles. The van der Waals surface area contributed by atoms with Crippen molar-refractivity contribution in [3.8, 4) is 5.69 Å². The maximum atomic E-state index is 9.50. The molecule has 0 aliphatic rings. The van der Waals surface area contributed by atoms with Crippen molar-refractivity contribution in [2.45, 2.75) is 44.1 Å². The minimum atomic E-state index is -0.0615. The highest BCUT2D eigenvalue weighted by Crippen LogP contribution is 2.28. The van der Waals surface area contributed by atoms with Crippen LogP contribution in [0, 0.1) is 0 Å². The van der Waals surface area contributed by atoms with Gasteiger partial charge >= 0.3 is 0 Å². The minimum Gasteiger partial charge on any atom is -0.390 e. The van der Waals surface area contributed by atoms with Crippen LogP contribution in [0.15, 0.2) is 29.2 Å². The average Bonchev–Trinajstić information content (AvgIpc) is 2.92. The zero-order valence-electron chi connectivity index (χ0n) is 12.2. The molecule has 0 saturated heterocycles. The van der Waals surface area contributed by atoms with Crippen molar-refractivity contribution >= 4 is 11.8 Å². The summed E-state index contributed by atoms with van der Waals surface area (Å²) in [4.78, 5) is 1.19. The second-order valence-electron chi connectivity index (χ2n) is 4.71. The Bertz CT molecular complexity index is 564. The van der Waals surface area contributed by atoms with Crippen LogP contribution < -0.4 is 0 Å². The Morgan fingerprint density at radius 2 is 2.05 bits per heavy atom. The normalized spacial score (nSPS) is 11.2. The molecule has 2 aromatic rings. The fourth-order valence-electron chi connectivity index (χ4n) is 2.45. The van der Waals surface area contributed by atoms with Crippen molar-refractivity contribution in [3.63, 3.8) is 0 Å². The smallest absolute Gasteiger partial charge is 0.112 e. The first kappa shape index (κ1) is 15.1. The Balaban J connectivity index is 2.53. The van der Waals surface area contributed by atoms with Crippen LogP contribution in [-0.2, 0) is 6.61 Å². The summed E-state index contributed by atoms with van der Waals surface area (Å²) in [6.45, 7) is 4.25. The van der Waals surface area contributed by atoms with Gasteiger partial charge in [0, 0.05) is 10.8 Å². The third kappa shape index (κ3) is 2.88. The van der Waals surface area contributed by atoms with E-state index in [0.29, 0.717) is 11.6 Å². The zero-order valence-corrected chi connectivity index (χ0v) is 13.0. The topological polar surface area (TPSA) is 50.9 Å². The van der Waals surface area contributed by atoms with E-state index in [1.165, 1.54) is 4.90 Å². The van der Waals surface area contributed by atoms with Gasteiger partial charge in [-0.2, -0.15) is 0 Å². The molecule has 0 bridgehead atoms. The third-order valence-electron chi connectivity index (χ3n) is 3.60. The van der Waals surface area contributed by atoms with Crippen LogP contribution >= 0.6 is 11.8 Å². The number of benzene rings is 1. The van der Waals surface area contributed by atoms with Crippen LogP contribution in [0.3, 0.4) is 0 Å². The molecule has 0 atom stereocenters. The van der Waals surface area contributed by atoms with Crippen LogP contribution in [0.1, 0.15) is 44.0 Å². The molecule has 1 heterocycles. The third-order valence-corrected chi connectivity index (χ3v) is 4.32. The van der Waals surface area contributed by atoms with E-state index < -0.39 is 0 Å². The first-order valence-corrected chi connectivity index (χ1v) is 8.17. The summed E-state index contributed by atoms with van der Waals surface area (Å²) in [5, 5.41) is 17.9. The summed E-state index contributed by atoms with van der Waals surface area (Å²) < 4.78 is 1.88. The molecule has 4 nitrogen and oxygen atoms in total. The number of hydrogen-bond donors (Lipinski definition) is 1. The van der Waals surface area contributed by atoms with Gasteiger partial charge in [-0.3, -0.25) is 0 Å². The predicted octanol–water partition coefficient (Wildman–Crippen LogP) is 3.39. The van der Waals surface area contributed by atoms with E-state index in [1.807, 2.05) is 16.8 Å². The van der Waals surface area contributed by atoms with Crippen molar-refractivity contribution in [1.29, 1.82) is 0 Å². The molecule has 1 aromatic carbocycles. The summed E-state index contributed by atoms with van der Waals surface area (Å²) in [6.07, 6.45) is 4.08. The summed E-state index contributed by atoms with van der Waals surface area (Å²) in [5.74, 6) is 0.366. The van der Waals surface area contributed by atoms with Gasteiger partial charge in [-0.1, -0.05) is 25.1 Å². The van der Waals surface area contributed by atoms with Crippen LogP contribution in [0.5, 0.6) is 0 Å². The second-order valence-corrected chi connectivity index (χ2v) is 5.59. The number of hydrogen-bond acceptors (Lipinski definition) is 4. The lowest BCUT2D eigenvalue weighted by atomic mass is 9.97. The number of rotatable bonds is 6. The average molecular weight is 291 g/mol. The summed E-state index contributed by atoms with van der Waals surface area (Å²) in [5.41, 5.74) is 2.73. The van der Waals surface area contributed by atoms with Crippen molar-refractivity contribution in [2.75, 3.05) is 6.26 Å². The summed E-state index contributed by atoms with van der Waals surface area (Å²) in [7, 11) is 0. The molecule has 0 amide bonds. The van der Waals surface area contributed by atoms with Gasteiger partial charge in [0.25, 0.3) is 0 Å². The minimum absolute atomic E-state index is 0.0615. The van der Waals surface area contributed by atoms with Gasteiger partial charge in [0.05, 0.1) is 18.0 Å². The Morgan fingerprint density at radius 1 is 1.30 bits per heavy atom.